The van der Waals surface area contributed by atoms with Crippen LogP contribution in [0.2, 0.25) is 0 Å². The van der Waals surface area contributed by atoms with E-state index in [9.17, 15) is 4.79 Å². The molecule has 12 heavy (non-hydrogen) atoms. The molecule has 5 heteroatoms. The number of pyridine rings is 1. The molecule has 0 unspecified atom stereocenters. The molecule has 0 fully saturated rings. The average Bonchev–Trinajstić information content (AvgIpc) is 2.01. The summed E-state index contributed by atoms with van der Waals surface area (Å²) in [5.74, 6) is -0.136. The monoisotopic (exact) mass is 229 g/mol. The fourth-order valence-corrected chi connectivity index (χ4v) is 1.01. The molecule has 0 aliphatic rings. The molecular formula is C7H8BrN3O. The molecule has 0 bridgehead atoms. The van der Waals surface area contributed by atoms with Crippen LogP contribution in [0.15, 0.2) is 22.9 Å². The first-order valence-electron chi connectivity index (χ1n) is 3.32. The van der Waals surface area contributed by atoms with E-state index in [4.69, 9.17) is 0 Å². The molecule has 0 aromatic carbocycles. The van der Waals surface area contributed by atoms with Gasteiger partial charge in [-0.25, -0.2) is 4.98 Å². The molecule has 1 rings (SSSR count). The Balaban J connectivity index is 2.57. The van der Waals surface area contributed by atoms with Crippen molar-refractivity contribution in [3.8, 4) is 0 Å². The summed E-state index contributed by atoms with van der Waals surface area (Å²) >= 11 is 3.21. The number of nitrogens with zero attached hydrogens (tertiary/aromatic N) is 1. The Morgan fingerprint density at radius 3 is 3.00 bits per heavy atom. The molecule has 0 saturated heterocycles. The van der Waals surface area contributed by atoms with Crippen LogP contribution in [0.5, 0.6) is 0 Å². The second kappa shape index (κ2) is 4.06. The van der Waals surface area contributed by atoms with Crippen LogP contribution < -0.4 is 10.9 Å². The fraction of sp³-hybridized carbons (Fsp3) is 0.143. The van der Waals surface area contributed by atoms with Gasteiger partial charge in [-0.3, -0.25) is 15.6 Å². The van der Waals surface area contributed by atoms with Gasteiger partial charge in [-0.15, -0.1) is 0 Å². The van der Waals surface area contributed by atoms with Crippen molar-refractivity contribution in [1.29, 1.82) is 0 Å². The molecule has 1 amide bonds. The van der Waals surface area contributed by atoms with Crippen LogP contribution in [-0.4, -0.2) is 10.9 Å². The van der Waals surface area contributed by atoms with Gasteiger partial charge in [0, 0.05) is 13.1 Å². The van der Waals surface area contributed by atoms with E-state index in [1.807, 2.05) is 0 Å². The van der Waals surface area contributed by atoms with Crippen LogP contribution >= 0.6 is 15.9 Å². The molecule has 4 nitrogen and oxygen atoms in total. The first-order valence-corrected chi connectivity index (χ1v) is 4.12. The van der Waals surface area contributed by atoms with Gasteiger partial charge < -0.3 is 0 Å². The van der Waals surface area contributed by atoms with E-state index < -0.39 is 0 Å². The second-order valence-corrected chi connectivity index (χ2v) is 2.99. The number of carbonyl (C=O) groups is 1. The van der Waals surface area contributed by atoms with Crippen LogP contribution in [0, 0.1) is 0 Å². The average molecular weight is 230 g/mol. The SMILES string of the molecule is CC(=O)NNc1ccnc(Br)c1. The van der Waals surface area contributed by atoms with Crippen molar-refractivity contribution in [3.05, 3.63) is 22.9 Å². The van der Waals surface area contributed by atoms with Gasteiger partial charge in [-0.1, -0.05) is 0 Å². The lowest BCUT2D eigenvalue weighted by Crippen LogP contribution is -2.26. The van der Waals surface area contributed by atoms with E-state index >= 15 is 0 Å². The highest BCUT2D eigenvalue weighted by atomic mass is 79.9. The van der Waals surface area contributed by atoms with E-state index in [1.54, 1.807) is 18.3 Å². The predicted molar refractivity (Wildman–Crippen MR) is 49.4 cm³/mol. The van der Waals surface area contributed by atoms with Crippen molar-refractivity contribution in [2.45, 2.75) is 6.92 Å². The van der Waals surface area contributed by atoms with Crippen LogP contribution in [-0.2, 0) is 4.79 Å². The Bertz CT molecular complexity index is 290. The lowest BCUT2D eigenvalue weighted by molar-refractivity contribution is -0.118. The second-order valence-electron chi connectivity index (χ2n) is 2.17. The molecule has 0 spiro atoms. The summed E-state index contributed by atoms with van der Waals surface area (Å²) in [5, 5.41) is 0. The normalized spacial score (nSPS) is 9.17. The van der Waals surface area contributed by atoms with Crippen molar-refractivity contribution in [1.82, 2.24) is 10.4 Å². The number of aromatic nitrogens is 1. The molecular weight excluding hydrogens is 222 g/mol. The number of amides is 1. The summed E-state index contributed by atoms with van der Waals surface area (Å²) in [7, 11) is 0. The Morgan fingerprint density at radius 1 is 1.67 bits per heavy atom. The third kappa shape index (κ3) is 2.87. The highest BCUT2D eigenvalue weighted by Crippen LogP contribution is 2.11. The number of anilines is 1. The zero-order chi connectivity index (χ0) is 8.97. The van der Waals surface area contributed by atoms with Gasteiger partial charge in [0.05, 0.1) is 5.69 Å². The van der Waals surface area contributed by atoms with Gasteiger partial charge >= 0.3 is 0 Å². The van der Waals surface area contributed by atoms with Gasteiger partial charge in [0.1, 0.15) is 4.60 Å². The number of hydrogen-bond acceptors (Lipinski definition) is 3. The summed E-state index contributed by atoms with van der Waals surface area (Å²) in [6, 6.07) is 3.51. The third-order valence-electron chi connectivity index (χ3n) is 1.11. The van der Waals surface area contributed by atoms with Crippen molar-refractivity contribution >= 4 is 27.5 Å². The maximum Gasteiger partial charge on any atom is 0.235 e. The number of nitrogens with one attached hydrogen (secondary N) is 2. The molecule has 0 aliphatic heterocycles. The van der Waals surface area contributed by atoms with E-state index in [0.717, 1.165) is 10.3 Å². The zero-order valence-corrected chi connectivity index (χ0v) is 8.05. The summed E-state index contributed by atoms with van der Waals surface area (Å²) < 4.78 is 0.720. The molecule has 0 atom stereocenters. The topological polar surface area (TPSA) is 54.0 Å². The highest BCUT2D eigenvalue weighted by molar-refractivity contribution is 9.10. The summed E-state index contributed by atoms with van der Waals surface area (Å²) in [6.07, 6.45) is 1.63. The van der Waals surface area contributed by atoms with Crippen LogP contribution in [0.3, 0.4) is 0 Å². The largest absolute Gasteiger partial charge is 0.298 e. The first kappa shape index (κ1) is 8.99. The molecule has 64 valence electrons. The maximum absolute atomic E-state index is 10.5. The fourth-order valence-electron chi connectivity index (χ4n) is 0.640. The van der Waals surface area contributed by atoms with E-state index in [1.165, 1.54) is 6.92 Å². The lowest BCUT2D eigenvalue weighted by atomic mass is 10.4. The lowest BCUT2D eigenvalue weighted by Gasteiger charge is -2.05. The number of rotatable bonds is 2. The molecule has 0 radical (unpaired) electrons. The molecule has 0 aliphatic carbocycles. The van der Waals surface area contributed by atoms with Gasteiger partial charge in [-0.2, -0.15) is 0 Å². The van der Waals surface area contributed by atoms with E-state index in [0.29, 0.717) is 0 Å². The zero-order valence-electron chi connectivity index (χ0n) is 6.47. The van der Waals surface area contributed by atoms with Gasteiger partial charge in [0.2, 0.25) is 5.91 Å². The minimum absolute atomic E-state index is 0.136. The van der Waals surface area contributed by atoms with Crippen molar-refractivity contribution in [3.63, 3.8) is 0 Å². The number of carbonyl (C=O) groups excluding carboxylic acids is 1. The number of halogens is 1. The maximum atomic E-state index is 10.5. The van der Waals surface area contributed by atoms with Crippen molar-refractivity contribution in [2.24, 2.45) is 0 Å². The summed E-state index contributed by atoms with van der Waals surface area (Å²) in [6.45, 7) is 1.43. The Labute approximate surface area is 78.5 Å². The Kier molecular flexibility index (Phi) is 3.04. The Morgan fingerprint density at radius 2 is 2.42 bits per heavy atom. The molecule has 1 aromatic rings. The number of hydrogen-bond donors (Lipinski definition) is 2. The van der Waals surface area contributed by atoms with Crippen LogP contribution in [0.4, 0.5) is 5.69 Å². The van der Waals surface area contributed by atoms with E-state index in [2.05, 4.69) is 31.8 Å². The standard InChI is InChI=1S/C7H8BrN3O/c1-5(12)10-11-6-2-3-9-7(8)4-6/h2-4H,1H3,(H,9,11)(H,10,12). The third-order valence-corrected chi connectivity index (χ3v) is 1.54. The van der Waals surface area contributed by atoms with Crippen molar-refractivity contribution in [2.75, 3.05) is 5.43 Å². The van der Waals surface area contributed by atoms with Gasteiger partial charge in [-0.05, 0) is 28.1 Å². The van der Waals surface area contributed by atoms with Crippen LogP contribution in [0.25, 0.3) is 0 Å². The highest BCUT2D eigenvalue weighted by Gasteiger charge is 1.93. The Hall–Kier alpha value is -1.10. The smallest absolute Gasteiger partial charge is 0.235 e. The van der Waals surface area contributed by atoms with Crippen LogP contribution in [0.1, 0.15) is 6.92 Å². The predicted octanol–water partition coefficient (Wildman–Crippen LogP) is 1.31. The molecule has 2 N–H and O–H groups in total. The summed E-state index contributed by atoms with van der Waals surface area (Å²) in [4.78, 5) is 14.4. The van der Waals surface area contributed by atoms with Crippen molar-refractivity contribution < 1.29 is 4.79 Å². The number of hydrazine groups is 1. The van der Waals surface area contributed by atoms with E-state index in [-0.39, 0.29) is 5.91 Å². The molecule has 1 aromatic heterocycles. The summed E-state index contributed by atoms with van der Waals surface area (Å²) in [5.41, 5.74) is 5.95. The first-order chi connectivity index (χ1) is 5.68. The van der Waals surface area contributed by atoms with Gasteiger partial charge in [0.15, 0.2) is 0 Å². The molecule has 0 saturated carbocycles. The minimum Gasteiger partial charge on any atom is -0.298 e. The minimum atomic E-state index is -0.136. The quantitative estimate of drug-likeness (QED) is 0.594. The van der Waals surface area contributed by atoms with Gasteiger partial charge in [0.25, 0.3) is 0 Å². The molecule has 1 heterocycles.